The van der Waals surface area contributed by atoms with Crippen LogP contribution in [0.5, 0.6) is 5.88 Å². The van der Waals surface area contributed by atoms with E-state index in [2.05, 4.69) is 15.5 Å². The molecule has 2 amide bonds. The molecule has 1 saturated carbocycles. The number of nitrogens with two attached hydrogens (primary N) is 1. The van der Waals surface area contributed by atoms with Crippen LogP contribution in [-0.2, 0) is 0 Å². The Morgan fingerprint density at radius 2 is 1.86 bits per heavy atom. The minimum absolute atomic E-state index is 0.0253. The van der Waals surface area contributed by atoms with Crippen LogP contribution in [0.1, 0.15) is 52.1 Å². The minimum atomic E-state index is -0.573. The number of hydrogen-bond acceptors (Lipinski definition) is 5. The molecule has 1 aliphatic rings. The zero-order chi connectivity index (χ0) is 24.5. The molecule has 3 heterocycles. The van der Waals surface area contributed by atoms with Gasteiger partial charge in [0.05, 0.1) is 28.7 Å². The van der Waals surface area contributed by atoms with Crippen molar-refractivity contribution in [2.45, 2.75) is 44.8 Å². The smallest absolute Gasteiger partial charge is 0.256 e. The topological polar surface area (TPSA) is 117 Å². The lowest BCUT2D eigenvalue weighted by molar-refractivity contribution is 0.0881. The van der Waals surface area contributed by atoms with Crippen molar-refractivity contribution in [3.05, 3.63) is 76.7 Å². The van der Waals surface area contributed by atoms with E-state index in [1.807, 2.05) is 31.2 Å². The Balaban J connectivity index is 1.21. The molecule has 9 nitrogen and oxygen atoms in total. The van der Waals surface area contributed by atoms with E-state index in [9.17, 15) is 9.59 Å². The van der Waals surface area contributed by atoms with E-state index in [-0.39, 0.29) is 29.5 Å². The molecule has 3 N–H and O–H groups in total. The summed E-state index contributed by atoms with van der Waals surface area (Å²) in [6.07, 6.45) is 6.17. The molecule has 1 aromatic carbocycles. The number of halogens is 1. The molecule has 0 aliphatic heterocycles. The van der Waals surface area contributed by atoms with Crippen molar-refractivity contribution in [3.8, 4) is 11.6 Å². The number of aromatic nitrogens is 4. The second-order valence-corrected chi connectivity index (χ2v) is 9.11. The molecule has 0 unspecified atom stereocenters. The van der Waals surface area contributed by atoms with Gasteiger partial charge in [-0.15, -0.1) is 5.10 Å². The number of benzene rings is 1. The SMILES string of the molecule is Cc1c(C(=O)NC2CCC(Oc3nn4ccccc4c3C(N)=O)CC2)cnn1-c1ccc(Cl)cc1. The summed E-state index contributed by atoms with van der Waals surface area (Å²) in [6, 6.07) is 12.7. The number of fused-ring (bicyclic) bond motifs is 1. The number of nitrogens with one attached hydrogen (secondary N) is 1. The lowest BCUT2D eigenvalue weighted by atomic mass is 9.92. The summed E-state index contributed by atoms with van der Waals surface area (Å²) in [5.74, 6) is -0.471. The normalized spacial score (nSPS) is 17.9. The number of ether oxygens (including phenoxy) is 1. The fraction of sp³-hybridized carbons (Fsp3) is 0.280. The van der Waals surface area contributed by atoms with Gasteiger partial charge < -0.3 is 15.8 Å². The summed E-state index contributed by atoms with van der Waals surface area (Å²) in [5, 5.41) is 12.5. The molecule has 4 aromatic rings. The second-order valence-electron chi connectivity index (χ2n) is 8.67. The summed E-state index contributed by atoms with van der Waals surface area (Å²) >= 11 is 5.97. The zero-order valence-electron chi connectivity index (χ0n) is 19.1. The van der Waals surface area contributed by atoms with Crippen molar-refractivity contribution >= 4 is 28.9 Å². The monoisotopic (exact) mass is 492 g/mol. The van der Waals surface area contributed by atoms with Gasteiger partial charge in [-0.1, -0.05) is 17.7 Å². The molecule has 0 atom stereocenters. The minimum Gasteiger partial charge on any atom is -0.473 e. The second kappa shape index (κ2) is 9.42. The van der Waals surface area contributed by atoms with Gasteiger partial charge in [0.1, 0.15) is 11.7 Å². The number of rotatable bonds is 6. The molecule has 1 aliphatic carbocycles. The maximum Gasteiger partial charge on any atom is 0.256 e. The third-order valence-corrected chi connectivity index (χ3v) is 6.62. The summed E-state index contributed by atoms with van der Waals surface area (Å²) in [4.78, 5) is 25.0. The Kier molecular flexibility index (Phi) is 6.17. The Morgan fingerprint density at radius 3 is 2.57 bits per heavy atom. The maximum atomic E-state index is 12.9. The van der Waals surface area contributed by atoms with Gasteiger partial charge in [0.25, 0.3) is 11.8 Å². The molecule has 5 rings (SSSR count). The number of primary amides is 1. The van der Waals surface area contributed by atoms with Crippen LogP contribution in [0.4, 0.5) is 0 Å². The lowest BCUT2D eigenvalue weighted by Crippen LogP contribution is -2.40. The molecule has 0 bridgehead atoms. The van der Waals surface area contributed by atoms with Gasteiger partial charge >= 0.3 is 0 Å². The van der Waals surface area contributed by atoms with Crippen LogP contribution < -0.4 is 15.8 Å². The Morgan fingerprint density at radius 1 is 1.11 bits per heavy atom. The van der Waals surface area contributed by atoms with Gasteiger partial charge in [-0.3, -0.25) is 9.59 Å². The Bertz CT molecular complexity index is 1390. The fourth-order valence-electron chi connectivity index (χ4n) is 4.51. The number of nitrogens with zero attached hydrogens (tertiary/aromatic N) is 4. The van der Waals surface area contributed by atoms with Gasteiger partial charge in [0.15, 0.2) is 0 Å². The van der Waals surface area contributed by atoms with Gasteiger partial charge in [0, 0.05) is 17.3 Å². The third-order valence-electron chi connectivity index (χ3n) is 6.37. The lowest BCUT2D eigenvalue weighted by Gasteiger charge is -2.29. The highest BCUT2D eigenvalue weighted by Crippen LogP contribution is 2.28. The first-order chi connectivity index (χ1) is 16.9. The molecule has 1 fully saturated rings. The number of hydrogen-bond donors (Lipinski definition) is 2. The quantitative estimate of drug-likeness (QED) is 0.425. The van der Waals surface area contributed by atoms with E-state index in [4.69, 9.17) is 22.1 Å². The number of carbonyl (C=O) groups excluding carboxylic acids is 2. The van der Waals surface area contributed by atoms with E-state index < -0.39 is 5.91 Å². The molecule has 0 spiro atoms. The van der Waals surface area contributed by atoms with Crippen molar-refractivity contribution in [2.75, 3.05) is 0 Å². The largest absolute Gasteiger partial charge is 0.473 e. The number of carbonyl (C=O) groups is 2. The van der Waals surface area contributed by atoms with E-state index >= 15 is 0 Å². The number of pyridine rings is 1. The Hall–Kier alpha value is -3.85. The molecule has 180 valence electrons. The first-order valence-electron chi connectivity index (χ1n) is 11.5. The van der Waals surface area contributed by atoms with Crippen molar-refractivity contribution in [1.29, 1.82) is 0 Å². The molecule has 10 heteroatoms. The first kappa shape index (κ1) is 22.9. The van der Waals surface area contributed by atoms with Crippen LogP contribution in [-0.4, -0.2) is 43.4 Å². The van der Waals surface area contributed by atoms with E-state index in [0.29, 0.717) is 16.1 Å². The predicted octanol–water partition coefficient (Wildman–Crippen LogP) is 3.70. The summed E-state index contributed by atoms with van der Waals surface area (Å²) in [6.45, 7) is 1.87. The Labute approximate surface area is 206 Å². The van der Waals surface area contributed by atoms with Gasteiger partial charge in [-0.25, -0.2) is 9.20 Å². The van der Waals surface area contributed by atoms with Crippen molar-refractivity contribution < 1.29 is 14.3 Å². The number of amides is 2. The third kappa shape index (κ3) is 4.59. The van der Waals surface area contributed by atoms with Crippen molar-refractivity contribution in [1.82, 2.24) is 24.7 Å². The molecule has 35 heavy (non-hydrogen) atoms. The van der Waals surface area contributed by atoms with Gasteiger partial charge in [-0.2, -0.15) is 5.10 Å². The molecule has 0 saturated heterocycles. The highest BCUT2D eigenvalue weighted by molar-refractivity contribution is 6.30. The van der Waals surface area contributed by atoms with Crippen LogP contribution in [0.25, 0.3) is 11.2 Å². The predicted molar refractivity (Wildman–Crippen MR) is 131 cm³/mol. The van der Waals surface area contributed by atoms with Crippen molar-refractivity contribution in [2.24, 2.45) is 5.73 Å². The average molecular weight is 493 g/mol. The van der Waals surface area contributed by atoms with E-state index in [1.54, 1.807) is 39.8 Å². The molecular formula is C25H25ClN6O3. The van der Waals surface area contributed by atoms with Crippen LogP contribution in [0.2, 0.25) is 5.02 Å². The zero-order valence-corrected chi connectivity index (χ0v) is 19.9. The highest BCUT2D eigenvalue weighted by atomic mass is 35.5. The van der Waals surface area contributed by atoms with Crippen molar-refractivity contribution in [3.63, 3.8) is 0 Å². The molecular weight excluding hydrogens is 468 g/mol. The fourth-order valence-corrected chi connectivity index (χ4v) is 4.64. The van der Waals surface area contributed by atoms with E-state index in [0.717, 1.165) is 37.1 Å². The van der Waals surface area contributed by atoms with Gasteiger partial charge in [0.2, 0.25) is 5.88 Å². The van der Waals surface area contributed by atoms with Crippen LogP contribution in [0, 0.1) is 6.92 Å². The first-order valence-corrected chi connectivity index (χ1v) is 11.8. The average Bonchev–Trinajstić information content (AvgIpc) is 3.41. The molecule has 0 radical (unpaired) electrons. The highest BCUT2D eigenvalue weighted by Gasteiger charge is 2.28. The van der Waals surface area contributed by atoms with E-state index in [1.165, 1.54) is 0 Å². The summed E-state index contributed by atoms with van der Waals surface area (Å²) in [7, 11) is 0. The van der Waals surface area contributed by atoms with Gasteiger partial charge in [-0.05, 0) is 69.0 Å². The maximum absolute atomic E-state index is 12.9. The van der Waals surface area contributed by atoms with Crippen LogP contribution >= 0.6 is 11.6 Å². The standard InChI is InChI=1S/C25H25ClN6O3/c1-15-20(14-28-32(15)18-9-5-16(26)6-10-18)24(34)29-17-7-11-19(12-8-17)35-25-22(23(27)33)21-4-2-3-13-31(21)30-25/h2-6,9-10,13-14,17,19H,7-8,11-12H2,1H3,(H2,27,33)(H,29,34). The summed E-state index contributed by atoms with van der Waals surface area (Å²) in [5.41, 5.74) is 8.62. The van der Waals surface area contributed by atoms with Crippen LogP contribution in [0.3, 0.4) is 0 Å². The van der Waals surface area contributed by atoms with Crippen LogP contribution in [0.15, 0.2) is 54.9 Å². The summed E-state index contributed by atoms with van der Waals surface area (Å²) < 4.78 is 9.40. The molecule has 3 aromatic heterocycles.